The summed E-state index contributed by atoms with van der Waals surface area (Å²) in [5.41, 5.74) is 5.92. The number of hydrogen-bond acceptors (Lipinski definition) is 2. The minimum absolute atomic E-state index is 0.769. The summed E-state index contributed by atoms with van der Waals surface area (Å²) in [6.07, 6.45) is 3.13. The highest BCUT2D eigenvalue weighted by molar-refractivity contribution is 6.30. The number of halogens is 1. The van der Waals surface area contributed by atoms with E-state index in [4.69, 9.17) is 11.6 Å². The van der Waals surface area contributed by atoms with Crippen molar-refractivity contribution in [2.45, 2.75) is 19.5 Å². The van der Waals surface area contributed by atoms with Gasteiger partial charge in [-0.1, -0.05) is 54.1 Å². The molecular weight excluding hydrogens is 392 g/mol. The molecule has 3 aromatic carbocycles. The lowest BCUT2D eigenvalue weighted by Crippen LogP contribution is -2.17. The van der Waals surface area contributed by atoms with Crippen molar-refractivity contribution in [1.29, 1.82) is 0 Å². The van der Waals surface area contributed by atoms with Crippen LogP contribution in [0.15, 0.2) is 79.0 Å². The summed E-state index contributed by atoms with van der Waals surface area (Å²) in [5.74, 6) is 1.02. The van der Waals surface area contributed by atoms with E-state index in [9.17, 15) is 0 Å². The van der Waals surface area contributed by atoms with E-state index >= 15 is 0 Å². The molecule has 0 fully saturated rings. The normalized spacial score (nSPS) is 11.5. The minimum Gasteiger partial charge on any atom is -0.343 e. The number of hydrogen-bond donors (Lipinski definition) is 2. The third kappa shape index (κ3) is 3.97. The number of rotatable bonds is 7. The van der Waals surface area contributed by atoms with Gasteiger partial charge in [0.2, 0.25) is 0 Å². The van der Waals surface area contributed by atoms with Gasteiger partial charge in [-0.25, -0.2) is 4.98 Å². The molecule has 0 atom stereocenters. The lowest BCUT2D eigenvalue weighted by molar-refractivity contribution is 0.674. The number of nitrogens with zero attached hydrogens (tertiary/aromatic N) is 2. The molecule has 0 aliphatic rings. The van der Waals surface area contributed by atoms with E-state index in [2.05, 4.69) is 68.5 Å². The number of para-hydroxylation sites is 3. The Balaban J connectivity index is 1.27. The van der Waals surface area contributed by atoms with Gasteiger partial charge in [-0.05, 0) is 41.5 Å². The van der Waals surface area contributed by atoms with Crippen LogP contribution in [0.25, 0.3) is 21.9 Å². The Kier molecular flexibility index (Phi) is 5.26. The van der Waals surface area contributed by atoms with E-state index in [0.717, 1.165) is 47.9 Å². The van der Waals surface area contributed by atoms with Crippen LogP contribution in [0.3, 0.4) is 0 Å². The van der Waals surface area contributed by atoms with Crippen LogP contribution in [0, 0.1) is 0 Å². The van der Waals surface area contributed by atoms with Gasteiger partial charge in [-0.3, -0.25) is 0 Å². The van der Waals surface area contributed by atoms with Crippen molar-refractivity contribution in [1.82, 2.24) is 19.9 Å². The summed E-state index contributed by atoms with van der Waals surface area (Å²) < 4.78 is 2.31. The topological polar surface area (TPSA) is 45.6 Å². The Morgan fingerprint density at radius 3 is 2.60 bits per heavy atom. The second-order valence-electron chi connectivity index (χ2n) is 7.55. The molecule has 2 heterocycles. The predicted octanol–water partition coefficient (Wildman–Crippen LogP) is 5.55. The lowest BCUT2D eigenvalue weighted by atomic mass is 10.2. The van der Waals surface area contributed by atoms with Gasteiger partial charge in [0.15, 0.2) is 0 Å². The van der Waals surface area contributed by atoms with Gasteiger partial charge >= 0.3 is 0 Å². The quantitative estimate of drug-likeness (QED) is 0.343. The number of benzene rings is 3. The number of H-pyrrole nitrogens is 1. The van der Waals surface area contributed by atoms with Gasteiger partial charge in [0, 0.05) is 48.2 Å². The molecule has 0 saturated carbocycles. The molecule has 0 bridgehead atoms. The predicted molar refractivity (Wildman–Crippen MR) is 124 cm³/mol. The summed E-state index contributed by atoms with van der Waals surface area (Å²) in [7, 11) is 0. The minimum atomic E-state index is 0.769. The zero-order chi connectivity index (χ0) is 20.3. The second-order valence-corrected chi connectivity index (χ2v) is 7.99. The van der Waals surface area contributed by atoms with E-state index in [1.165, 1.54) is 22.0 Å². The highest BCUT2D eigenvalue weighted by atomic mass is 35.5. The van der Waals surface area contributed by atoms with Crippen LogP contribution in [0.4, 0.5) is 0 Å². The van der Waals surface area contributed by atoms with Gasteiger partial charge in [0.25, 0.3) is 0 Å². The van der Waals surface area contributed by atoms with E-state index in [1.54, 1.807) is 0 Å². The van der Waals surface area contributed by atoms with Crippen LogP contribution in [-0.2, 0) is 19.5 Å². The van der Waals surface area contributed by atoms with Crippen molar-refractivity contribution in [3.8, 4) is 0 Å². The Morgan fingerprint density at radius 1 is 0.933 bits per heavy atom. The Bertz CT molecular complexity index is 1250. The van der Waals surface area contributed by atoms with Crippen LogP contribution < -0.4 is 5.32 Å². The van der Waals surface area contributed by atoms with E-state index in [-0.39, 0.29) is 0 Å². The molecule has 150 valence electrons. The number of aromatic nitrogens is 3. The molecule has 0 unspecified atom stereocenters. The first-order valence-corrected chi connectivity index (χ1v) is 10.6. The maximum atomic E-state index is 6.03. The van der Waals surface area contributed by atoms with Crippen molar-refractivity contribution < 1.29 is 0 Å². The van der Waals surface area contributed by atoms with Gasteiger partial charge in [0.05, 0.1) is 11.0 Å². The van der Waals surface area contributed by atoms with Gasteiger partial charge in [-0.2, -0.15) is 0 Å². The first-order chi connectivity index (χ1) is 14.8. The van der Waals surface area contributed by atoms with Crippen molar-refractivity contribution in [2.75, 3.05) is 6.54 Å². The fraction of sp³-hybridized carbons (Fsp3) is 0.160. The Morgan fingerprint density at radius 2 is 1.73 bits per heavy atom. The van der Waals surface area contributed by atoms with Gasteiger partial charge in [-0.15, -0.1) is 0 Å². The number of fused-ring (bicyclic) bond motifs is 2. The molecule has 2 N–H and O–H groups in total. The molecule has 0 amide bonds. The standard InChI is InChI=1S/C25H23ClN4/c26-20-11-9-18(10-12-20)16-30-17-19(21-5-1-4-8-24(21)30)15-27-14-13-25-28-22-6-2-3-7-23(22)29-25/h1-12,17,27H,13-16H2,(H,28,29). The molecule has 0 saturated heterocycles. The summed E-state index contributed by atoms with van der Waals surface area (Å²) in [6.45, 7) is 2.53. The lowest BCUT2D eigenvalue weighted by Gasteiger charge is -2.05. The van der Waals surface area contributed by atoms with E-state index < -0.39 is 0 Å². The molecule has 0 spiro atoms. The van der Waals surface area contributed by atoms with Gasteiger partial charge in [0.1, 0.15) is 5.82 Å². The summed E-state index contributed by atoms with van der Waals surface area (Å²) in [5, 5.41) is 5.64. The molecular formula is C25H23ClN4. The SMILES string of the molecule is Clc1ccc(Cn2cc(CNCCc3nc4ccccc4[nH]3)c3ccccc32)cc1. The first-order valence-electron chi connectivity index (χ1n) is 10.2. The van der Waals surface area contributed by atoms with Crippen molar-refractivity contribution in [3.63, 3.8) is 0 Å². The second kappa shape index (κ2) is 8.34. The zero-order valence-corrected chi connectivity index (χ0v) is 17.4. The van der Waals surface area contributed by atoms with Crippen molar-refractivity contribution in [2.24, 2.45) is 0 Å². The first kappa shape index (κ1) is 18.9. The van der Waals surface area contributed by atoms with Gasteiger partial charge < -0.3 is 14.9 Å². The van der Waals surface area contributed by atoms with E-state index in [1.807, 2.05) is 30.3 Å². The molecule has 30 heavy (non-hydrogen) atoms. The molecule has 0 radical (unpaired) electrons. The highest BCUT2D eigenvalue weighted by Gasteiger charge is 2.09. The largest absolute Gasteiger partial charge is 0.343 e. The highest BCUT2D eigenvalue weighted by Crippen LogP contribution is 2.23. The smallest absolute Gasteiger partial charge is 0.108 e. The summed E-state index contributed by atoms with van der Waals surface area (Å²) in [6, 6.07) is 24.8. The zero-order valence-electron chi connectivity index (χ0n) is 16.6. The van der Waals surface area contributed by atoms with E-state index in [0.29, 0.717) is 0 Å². The average molecular weight is 415 g/mol. The number of nitrogens with one attached hydrogen (secondary N) is 2. The fourth-order valence-electron chi connectivity index (χ4n) is 3.93. The molecule has 2 aromatic heterocycles. The van der Waals surface area contributed by atoms with Crippen LogP contribution in [0.1, 0.15) is 17.0 Å². The molecule has 4 nitrogen and oxygen atoms in total. The van der Waals surface area contributed by atoms with Crippen LogP contribution in [0.2, 0.25) is 5.02 Å². The van der Waals surface area contributed by atoms with Crippen molar-refractivity contribution >= 4 is 33.5 Å². The maximum Gasteiger partial charge on any atom is 0.108 e. The number of imidazole rings is 1. The summed E-state index contributed by atoms with van der Waals surface area (Å²) >= 11 is 6.03. The molecule has 5 rings (SSSR count). The Labute approximate surface area is 180 Å². The molecule has 5 heteroatoms. The summed E-state index contributed by atoms with van der Waals surface area (Å²) in [4.78, 5) is 8.05. The third-order valence-corrected chi connectivity index (χ3v) is 5.68. The third-order valence-electron chi connectivity index (χ3n) is 5.43. The molecule has 0 aliphatic carbocycles. The van der Waals surface area contributed by atoms with Crippen LogP contribution in [0.5, 0.6) is 0 Å². The number of aromatic amines is 1. The van der Waals surface area contributed by atoms with Crippen LogP contribution in [-0.4, -0.2) is 21.1 Å². The molecule has 0 aliphatic heterocycles. The Hall–Kier alpha value is -3.08. The van der Waals surface area contributed by atoms with Crippen molar-refractivity contribution in [3.05, 3.63) is 101 Å². The maximum absolute atomic E-state index is 6.03. The fourth-order valence-corrected chi connectivity index (χ4v) is 4.06. The monoisotopic (exact) mass is 414 g/mol. The average Bonchev–Trinajstić information content (AvgIpc) is 3.34. The van der Waals surface area contributed by atoms with Crippen LogP contribution >= 0.6 is 11.6 Å². The molecule has 5 aromatic rings.